The number of rotatable bonds is 6. The van der Waals surface area contributed by atoms with E-state index in [0.29, 0.717) is 23.6 Å². The summed E-state index contributed by atoms with van der Waals surface area (Å²) in [6, 6.07) is 20.8. The monoisotopic (exact) mass is 375 g/mol. The predicted octanol–water partition coefficient (Wildman–Crippen LogP) is 5.39. The molecule has 0 bridgehead atoms. The van der Waals surface area contributed by atoms with Gasteiger partial charge in [0.2, 0.25) is 0 Å². The van der Waals surface area contributed by atoms with Crippen molar-refractivity contribution in [3.63, 3.8) is 0 Å². The number of hydrogen-bond donors (Lipinski definition) is 1. The number of fused-ring (bicyclic) bond motifs is 3. The highest BCUT2D eigenvalue weighted by atomic mass is 16.5. The average Bonchev–Trinajstić information content (AvgIpc) is 3.09. The van der Waals surface area contributed by atoms with Gasteiger partial charge in [0.15, 0.2) is 17.6 Å². The van der Waals surface area contributed by atoms with E-state index in [1.54, 1.807) is 19.2 Å². The molecule has 0 radical (unpaired) electrons. The van der Waals surface area contributed by atoms with Crippen molar-refractivity contribution in [1.82, 2.24) is 0 Å². The van der Waals surface area contributed by atoms with Gasteiger partial charge >= 0.3 is 0 Å². The van der Waals surface area contributed by atoms with Gasteiger partial charge in [-0.1, -0.05) is 37.3 Å². The van der Waals surface area contributed by atoms with Crippen molar-refractivity contribution in [2.24, 2.45) is 0 Å². The zero-order valence-electron chi connectivity index (χ0n) is 15.8. The molecule has 0 spiro atoms. The highest BCUT2D eigenvalue weighted by Crippen LogP contribution is 2.31. The zero-order chi connectivity index (χ0) is 19.5. The second kappa shape index (κ2) is 7.64. The SMILES string of the molecule is CCC(Oc1ccccc1OC)C(=O)Nc1ccc2c(c1)oc1ccccc12. The first-order chi connectivity index (χ1) is 13.7. The summed E-state index contributed by atoms with van der Waals surface area (Å²) in [7, 11) is 1.58. The Morgan fingerprint density at radius 2 is 1.68 bits per heavy atom. The van der Waals surface area contributed by atoms with E-state index in [1.807, 2.05) is 61.5 Å². The third-order valence-electron chi connectivity index (χ3n) is 4.65. The van der Waals surface area contributed by atoms with Crippen LogP contribution in [0.4, 0.5) is 5.69 Å². The minimum Gasteiger partial charge on any atom is -0.493 e. The number of amides is 1. The summed E-state index contributed by atoms with van der Waals surface area (Å²) in [5.74, 6) is 0.918. The van der Waals surface area contributed by atoms with Crippen LogP contribution in [0.1, 0.15) is 13.3 Å². The first-order valence-electron chi connectivity index (χ1n) is 9.21. The van der Waals surface area contributed by atoms with Gasteiger partial charge in [-0.2, -0.15) is 0 Å². The van der Waals surface area contributed by atoms with Crippen LogP contribution in [0.25, 0.3) is 21.9 Å². The molecule has 0 saturated heterocycles. The van der Waals surface area contributed by atoms with E-state index < -0.39 is 6.10 Å². The van der Waals surface area contributed by atoms with Crippen LogP contribution < -0.4 is 14.8 Å². The van der Waals surface area contributed by atoms with Crippen LogP contribution in [0.2, 0.25) is 0 Å². The van der Waals surface area contributed by atoms with Crippen molar-refractivity contribution in [2.45, 2.75) is 19.4 Å². The molecule has 0 aliphatic carbocycles. The van der Waals surface area contributed by atoms with E-state index in [1.165, 1.54) is 0 Å². The molecule has 5 heteroatoms. The molecule has 142 valence electrons. The summed E-state index contributed by atoms with van der Waals surface area (Å²) in [6.45, 7) is 1.90. The van der Waals surface area contributed by atoms with E-state index >= 15 is 0 Å². The van der Waals surface area contributed by atoms with Crippen LogP contribution in [-0.2, 0) is 4.79 Å². The van der Waals surface area contributed by atoms with Crippen LogP contribution in [0.3, 0.4) is 0 Å². The van der Waals surface area contributed by atoms with Crippen LogP contribution in [-0.4, -0.2) is 19.1 Å². The fourth-order valence-electron chi connectivity index (χ4n) is 3.22. The van der Waals surface area contributed by atoms with Gasteiger partial charge in [0.1, 0.15) is 11.2 Å². The molecule has 28 heavy (non-hydrogen) atoms. The van der Waals surface area contributed by atoms with Crippen LogP contribution >= 0.6 is 0 Å². The Morgan fingerprint density at radius 3 is 2.46 bits per heavy atom. The summed E-state index contributed by atoms with van der Waals surface area (Å²) < 4.78 is 17.1. The fraction of sp³-hybridized carbons (Fsp3) is 0.174. The number of nitrogens with one attached hydrogen (secondary N) is 1. The second-order valence-corrected chi connectivity index (χ2v) is 6.46. The predicted molar refractivity (Wildman–Crippen MR) is 110 cm³/mol. The van der Waals surface area contributed by atoms with E-state index in [4.69, 9.17) is 13.9 Å². The number of furan rings is 1. The highest BCUT2D eigenvalue weighted by molar-refractivity contribution is 6.06. The number of ether oxygens (including phenoxy) is 2. The number of methoxy groups -OCH3 is 1. The Labute approximate surface area is 162 Å². The summed E-state index contributed by atoms with van der Waals surface area (Å²) in [5.41, 5.74) is 2.23. The minimum absolute atomic E-state index is 0.219. The summed E-state index contributed by atoms with van der Waals surface area (Å²) in [5, 5.41) is 5.00. The molecule has 1 atom stereocenters. The first-order valence-corrected chi connectivity index (χ1v) is 9.21. The van der Waals surface area contributed by atoms with Crippen molar-refractivity contribution in [1.29, 1.82) is 0 Å². The molecule has 0 saturated carbocycles. The largest absolute Gasteiger partial charge is 0.493 e. The fourth-order valence-corrected chi connectivity index (χ4v) is 3.22. The molecule has 4 aromatic rings. The maximum atomic E-state index is 12.7. The topological polar surface area (TPSA) is 60.7 Å². The standard InChI is InChI=1S/C23H21NO4/c1-3-18(27-21-11-7-6-10-20(21)26-2)23(25)24-15-12-13-17-16-8-4-5-9-19(16)28-22(17)14-15/h4-14,18H,3H2,1-2H3,(H,24,25). The molecule has 1 aromatic heterocycles. The highest BCUT2D eigenvalue weighted by Gasteiger charge is 2.20. The average molecular weight is 375 g/mol. The van der Waals surface area contributed by atoms with Gasteiger partial charge in [-0.25, -0.2) is 0 Å². The third kappa shape index (κ3) is 3.39. The van der Waals surface area contributed by atoms with Crippen molar-refractivity contribution in [2.75, 3.05) is 12.4 Å². The van der Waals surface area contributed by atoms with E-state index in [-0.39, 0.29) is 5.91 Å². The third-order valence-corrected chi connectivity index (χ3v) is 4.65. The molecule has 0 fully saturated rings. The molecule has 1 N–H and O–H groups in total. The van der Waals surface area contributed by atoms with Crippen molar-refractivity contribution < 1.29 is 18.7 Å². The zero-order valence-corrected chi connectivity index (χ0v) is 15.8. The maximum absolute atomic E-state index is 12.7. The number of hydrogen-bond acceptors (Lipinski definition) is 4. The summed E-state index contributed by atoms with van der Waals surface area (Å²) in [6.07, 6.45) is -0.112. The van der Waals surface area contributed by atoms with Gasteiger partial charge in [-0.3, -0.25) is 4.79 Å². The first kappa shape index (κ1) is 17.9. The Hall–Kier alpha value is -3.47. The number of carbonyl (C=O) groups is 1. The molecule has 3 aromatic carbocycles. The molecule has 1 amide bonds. The normalized spacial score (nSPS) is 12.1. The Balaban J connectivity index is 1.55. The molecular formula is C23H21NO4. The van der Waals surface area contributed by atoms with Gasteiger partial charge < -0.3 is 19.2 Å². The summed E-state index contributed by atoms with van der Waals surface area (Å²) in [4.78, 5) is 12.7. The van der Waals surface area contributed by atoms with E-state index in [9.17, 15) is 4.79 Å². The Morgan fingerprint density at radius 1 is 0.964 bits per heavy atom. The Kier molecular flexibility index (Phi) is 4.89. The van der Waals surface area contributed by atoms with Crippen LogP contribution in [0, 0.1) is 0 Å². The second-order valence-electron chi connectivity index (χ2n) is 6.46. The van der Waals surface area contributed by atoms with E-state index in [0.717, 1.165) is 21.9 Å². The lowest BCUT2D eigenvalue weighted by Crippen LogP contribution is -2.32. The molecule has 5 nitrogen and oxygen atoms in total. The van der Waals surface area contributed by atoms with Crippen molar-refractivity contribution in [3.05, 3.63) is 66.7 Å². The lowest BCUT2D eigenvalue weighted by Gasteiger charge is -2.18. The lowest BCUT2D eigenvalue weighted by molar-refractivity contribution is -0.122. The summed E-state index contributed by atoms with van der Waals surface area (Å²) >= 11 is 0. The number of anilines is 1. The molecule has 4 rings (SSSR count). The molecule has 1 unspecified atom stereocenters. The maximum Gasteiger partial charge on any atom is 0.265 e. The molecule has 0 aliphatic heterocycles. The minimum atomic E-state index is -0.636. The quantitative estimate of drug-likeness (QED) is 0.491. The number of para-hydroxylation sites is 3. The molecule has 0 aliphatic rings. The smallest absolute Gasteiger partial charge is 0.265 e. The molecule has 1 heterocycles. The van der Waals surface area contributed by atoms with E-state index in [2.05, 4.69) is 5.32 Å². The Bertz CT molecular complexity index is 1130. The number of carbonyl (C=O) groups excluding carboxylic acids is 1. The number of benzene rings is 3. The van der Waals surface area contributed by atoms with Gasteiger partial charge in [0, 0.05) is 22.5 Å². The van der Waals surface area contributed by atoms with Crippen molar-refractivity contribution >= 4 is 33.5 Å². The van der Waals surface area contributed by atoms with Crippen LogP contribution in [0.15, 0.2) is 71.1 Å². The van der Waals surface area contributed by atoms with Gasteiger partial charge in [-0.15, -0.1) is 0 Å². The van der Waals surface area contributed by atoms with Gasteiger partial charge in [0.25, 0.3) is 5.91 Å². The van der Waals surface area contributed by atoms with Crippen LogP contribution in [0.5, 0.6) is 11.5 Å². The van der Waals surface area contributed by atoms with Gasteiger partial charge in [0.05, 0.1) is 7.11 Å². The lowest BCUT2D eigenvalue weighted by atomic mass is 10.1. The van der Waals surface area contributed by atoms with Crippen molar-refractivity contribution in [3.8, 4) is 11.5 Å². The van der Waals surface area contributed by atoms with Gasteiger partial charge in [-0.05, 0) is 36.8 Å². The molecular weight excluding hydrogens is 354 g/mol.